The Bertz CT molecular complexity index is 671. The van der Waals surface area contributed by atoms with Crippen LogP contribution < -0.4 is 5.32 Å². The minimum Gasteiger partial charge on any atom is -0.392 e. The summed E-state index contributed by atoms with van der Waals surface area (Å²) >= 11 is 0. The molecule has 0 atom stereocenters. The summed E-state index contributed by atoms with van der Waals surface area (Å²) in [5, 5.41) is 11.5. The second-order valence-electron chi connectivity index (χ2n) is 4.71. The zero-order chi connectivity index (χ0) is 15.4. The third-order valence-electron chi connectivity index (χ3n) is 3.14. The molecule has 0 aromatic heterocycles. The maximum atomic E-state index is 13.8. The number of carbonyl (C=O) groups excluding carboxylic acids is 1. The zero-order valence-corrected chi connectivity index (χ0v) is 11.5. The van der Waals surface area contributed by atoms with Crippen LogP contribution in [-0.2, 0) is 13.2 Å². The number of amides is 1. The first-order valence-corrected chi connectivity index (χ1v) is 6.44. The topological polar surface area (TPSA) is 49.3 Å². The van der Waals surface area contributed by atoms with E-state index in [0.29, 0.717) is 5.56 Å². The first-order valence-electron chi connectivity index (χ1n) is 6.44. The number of benzene rings is 2. The van der Waals surface area contributed by atoms with Crippen LogP contribution in [0.1, 0.15) is 27.0 Å². The summed E-state index contributed by atoms with van der Waals surface area (Å²) in [6.07, 6.45) is 0. The number of carbonyl (C=O) groups is 1. The van der Waals surface area contributed by atoms with Gasteiger partial charge in [0.25, 0.3) is 5.91 Å². The number of aliphatic hydroxyl groups excluding tert-OH is 1. The Kier molecular flexibility index (Phi) is 4.65. The van der Waals surface area contributed by atoms with E-state index < -0.39 is 23.1 Å². The van der Waals surface area contributed by atoms with E-state index in [9.17, 15) is 13.6 Å². The quantitative estimate of drug-likeness (QED) is 0.910. The van der Waals surface area contributed by atoms with Crippen molar-refractivity contribution in [2.45, 2.75) is 20.1 Å². The first-order chi connectivity index (χ1) is 10.0. The Labute approximate surface area is 121 Å². The standard InChI is InChI=1S/C16H15F2NO2/c1-10-5-6-13(17)14(15(10)18)16(21)19-8-11-3-2-4-12(7-11)9-20/h2-7,20H,8-9H2,1H3,(H,19,21). The summed E-state index contributed by atoms with van der Waals surface area (Å²) in [6, 6.07) is 9.30. The van der Waals surface area contributed by atoms with Gasteiger partial charge in [0, 0.05) is 6.54 Å². The molecule has 2 rings (SSSR count). The van der Waals surface area contributed by atoms with E-state index in [1.807, 2.05) is 0 Å². The van der Waals surface area contributed by atoms with Crippen LogP contribution in [0.15, 0.2) is 36.4 Å². The van der Waals surface area contributed by atoms with Crippen molar-refractivity contribution < 1.29 is 18.7 Å². The van der Waals surface area contributed by atoms with Crippen molar-refractivity contribution in [3.8, 4) is 0 Å². The van der Waals surface area contributed by atoms with Gasteiger partial charge in [-0.3, -0.25) is 4.79 Å². The molecule has 1 amide bonds. The molecule has 0 bridgehead atoms. The largest absolute Gasteiger partial charge is 0.392 e. The fourth-order valence-electron chi connectivity index (χ4n) is 1.97. The van der Waals surface area contributed by atoms with Gasteiger partial charge < -0.3 is 10.4 Å². The minimum absolute atomic E-state index is 0.108. The van der Waals surface area contributed by atoms with Gasteiger partial charge in [0.05, 0.1) is 6.61 Å². The van der Waals surface area contributed by atoms with Gasteiger partial charge in [-0.25, -0.2) is 8.78 Å². The van der Waals surface area contributed by atoms with E-state index in [1.165, 1.54) is 13.0 Å². The van der Waals surface area contributed by atoms with E-state index in [-0.39, 0.29) is 18.7 Å². The molecule has 0 spiro atoms. The Hall–Kier alpha value is -2.27. The van der Waals surface area contributed by atoms with Crippen molar-refractivity contribution in [3.63, 3.8) is 0 Å². The number of hydrogen-bond acceptors (Lipinski definition) is 2. The molecule has 2 N–H and O–H groups in total. The van der Waals surface area contributed by atoms with Crippen molar-refractivity contribution in [2.75, 3.05) is 0 Å². The van der Waals surface area contributed by atoms with Crippen LogP contribution in [0.4, 0.5) is 8.78 Å². The number of rotatable bonds is 4. The summed E-state index contributed by atoms with van der Waals surface area (Å²) in [6.45, 7) is 1.48. The third kappa shape index (κ3) is 3.44. The molecule has 0 heterocycles. The second-order valence-corrected chi connectivity index (χ2v) is 4.71. The molecule has 0 saturated heterocycles. The summed E-state index contributed by atoms with van der Waals surface area (Å²) in [4.78, 5) is 11.9. The Balaban J connectivity index is 2.14. The highest BCUT2D eigenvalue weighted by Crippen LogP contribution is 2.16. The molecule has 0 unspecified atom stereocenters. The van der Waals surface area contributed by atoms with Crippen molar-refractivity contribution in [2.24, 2.45) is 0 Å². The molecule has 2 aromatic rings. The van der Waals surface area contributed by atoms with Crippen LogP contribution in [0.2, 0.25) is 0 Å². The van der Waals surface area contributed by atoms with Gasteiger partial charge >= 0.3 is 0 Å². The predicted molar refractivity (Wildman–Crippen MR) is 74.6 cm³/mol. The van der Waals surface area contributed by atoms with E-state index in [1.54, 1.807) is 24.3 Å². The molecule has 0 aliphatic carbocycles. The highest BCUT2D eigenvalue weighted by atomic mass is 19.1. The van der Waals surface area contributed by atoms with Crippen LogP contribution in [0.5, 0.6) is 0 Å². The molecule has 0 saturated carbocycles. The monoisotopic (exact) mass is 291 g/mol. The maximum Gasteiger partial charge on any atom is 0.257 e. The average Bonchev–Trinajstić information content (AvgIpc) is 2.49. The van der Waals surface area contributed by atoms with Crippen molar-refractivity contribution in [3.05, 3.63) is 70.3 Å². The normalized spacial score (nSPS) is 10.5. The molecule has 2 aromatic carbocycles. The molecule has 5 heteroatoms. The SMILES string of the molecule is Cc1ccc(F)c(C(=O)NCc2cccc(CO)c2)c1F. The van der Waals surface area contributed by atoms with Gasteiger partial charge in [0.2, 0.25) is 0 Å². The van der Waals surface area contributed by atoms with Crippen LogP contribution >= 0.6 is 0 Å². The molecule has 3 nitrogen and oxygen atoms in total. The molecule has 0 fully saturated rings. The molecule has 0 aliphatic heterocycles. The third-order valence-corrected chi connectivity index (χ3v) is 3.14. The number of halogens is 2. The van der Waals surface area contributed by atoms with Crippen molar-refractivity contribution in [1.82, 2.24) is 5.32 Å². The highest BCUT2D eigenvalue weighted by molar-refractivity contribution is 5.94. The molecule has 21 heavy (non-hydrogen) atoms. The van der Waals surface area contributed by atoms with Crippen molar-refractivity contribution >= 4 is 5.91 Å². The van der Waals surface area contributed by atoms with Gasteiger partial charge in [0.15, 0.2) is 0 Å². The summed E-state index contributed by atoms with van der Waals surface area (Å²) in [5.74, 6) is -2.54. The van der Waals surface area contributed by atoms with Crippen molar-refractivity contribution in [1.29, 1.82) is 0 Å². The first kappa shape index (κ1) is 15.1. The van der Waals surface area contributed by atoms with Gasteiger partial charge in [-0.05, 0) is 29.7 Å². The molecule has 110 valence electrons. The summed E-state index contributed by atoms with van der Waals surface area (Å²) in [7, 11) is 0. The summed E-state index contributed by atoms with van der Waals surface area (Å²) < 4.78 is 27.4. The Morgan fingerprint density at radius 2 is 1.90 bits per heavy atom. The molecule has 0 radical (unpaired) electrons. The highest BCUT2D eigenvalue weighted by Gasteiger charge is 2.18. The van der Waals surface area contributed by atoms with Crippen LogP contribution in [-0.4, -0.2) is 11.0 Å². The van der Waals surface area contributed by atoms with Gasteiger partial charge in [0.1, 0.15) is 17.2 Å². The lowest BCUT2D eigenvalue weighted by Gasteiger charge is -2.09. The number of aliphatic hydroxyl groups is 1. The Morgan fingerprint density at radius 3 is 2.62 bits per heavy atom. The van der Waals surface area contributed by atoms with E-state index in [0.717, 1.165) is 11.6 Å². The van der Waals surface area contributed by atoms with Gasteiger partial charge in [-0.1, -0.05) is 30.3 Å². The lowest BCUT2D eigenvalue weighted by atomic mass is 10.1. The number of nitrogens with one attached hydrogen (secondary N) is 1. The number of aryl methyl sites for hydroxylation is 1. The van der Waals surface area contributed by atoms with E-state index >= 15 is 0 Å². The van der Waals surface area contributed by atoms with Crippen LogP contribution in [0.25, 0.3) is 0 Å². The molecular formula is C16H15F2NO2. The fourth-order valence-corrected chi connectivity index (χ4v) is 1.97. The predicted octanol–water partition coefficient (Wildman–Crippen LogP) is 2.70. The minimum atomic E-state index is -0.889. The number of hydrogen-bond donors (Lipinski definition) is 2. The van der Waals surface area contributed by atoms with E-state index in [4.69, 9.17) is 5.11 Å². The maximum absolute atomic E-state index is 13.8. The van der Waals surface area contributed by atoms with E-state index in [2.05, 4.69) is 5.32 Å². The zero-order valence-electron chi connectivity index (χ0n) is 11.5. The summed E-state index contributed by atoms with van der Waals surface area (Å²) in [5.41, 5.74) is 1.08. The van der Waals surface area contributed by atoms with Gasteiger partial charge in [-0.2, -0.15) is 0 Å². The van der Waals surface area contributed by atoms with Crippen LogP contribution in [0.3, 0.4) is 0 Å². The lowest BCUT2D eigenvalue weighted by Crippen LogP contribution is -2.25. The molecule has 0 aliphatic rings. The average molecular weight is 291 g/mol. The Morgan fingerprint density at radius 1 is 1.19 bits per heavy atom. The molecular weight excluding hydrogens is 276 g/mol. The van der Waals surface area contributed by atoms with Crippen LogP contribution in [0, 0.1) is 18.6 Å². The fraction of sp³-hybridized carbons (Fsp3) is 0.188. The second kappa shape index (κ2) is 6.45. The smallest absolute Gasteiger partial charge is 0.257 e. The lowest BCUT2D eigenvalue weighted by molar-refractivity contribution is 0.0942. The van der Waals surface area contributed by atoms with Gasteiger partial charge in [-0.15, -0.1) is 0 Å².